The molecule has 0 aliphatic carbocycles. The van der Waals surface area contributed by atoms with E-state index in [1.54, 1.807) is 26.8 Å². The highest BCUT2D eigenvalue weighted by Crippen LogP contribution is 2.16. The summed E-state index contributed by atoms with van der Waals surface area (Å²) in [4.78, 5) is 44.9. The van der Waals surface area contributed by atoms with Crippen LogP contribution in [0.15, 0.2) is 60.9 Å². The number of benzene rings is 2. The lowest BCUT2D eigenvalue weighted by atomic mass is 10.1. The Labute approximate surface area is 190 Å². The Kier molecular flexibility index (Phi) is 7.22. The van der Waals surface area contributed by atoms with E-state index in [2.05, 4.69) is 20.6 Å². The maximum Gasteiger partial charge on any atom is 0.329 e. The topological polar surface area (TPSA) is 113 Å². The fourth-order valence-electron chi connectivity index (χ4n) is 3.03. The molecule has 0 aliphatic rings. The summed E-state index contributed by atoms with van der Waals surface area (Å²) in [7, 11) is 0. The number of aromatic nitrogens is 2. The zero-order valence-corrected chi connectivity index (χ0v) is 18.5. The van der Waals surface area contributed by atoms with E-state index < -0.39 is 35.2 Å². The summed E-state index contributed by atoms with van der Waals surface area (Å²) >= 11 is 0. The third-order valence-corrected chi connectivity index (χ3v) is 4.48. The Morgan fingerprint density at radius 1 is 1.03 bits per heavy atom. The van der Waals surface area contributed by atoms with Gasteiger partial charge in [0, 0.05) is 6.42 Å². The lowest BCUT2D eigenvalue weighted by Crippen LogP contribution is -2.46. The number of carbonyl (C=O) groups excluding carboxylic acids is 3. The Bertz CT molecular complexity index is 1140. The molecule has 0 bridgehead atoms. The van der Waals surface area contributed by atoms with Crippen molar-refractivity contribution in [3.8, 4) is 0 Å². The van der Waals surface area contributed by atoms with Gasteiger partial charge in [-0.3, -0.25) is 9.59 Å². The molecule has 172 valence electrons. The smallest absolute Gasteiger partial charge is 0.329 e. The molecular formula is C24H25FN4O4. The first kappa shape index (κ1) is 23.6. The normalized spacial score (nSPS) is 12.0. The van der Waals surface area contributed by atoms with Gasteiger partial charge in [-0.25, -0.2) is 14.2 Å². The molecule has 3 N–H and O–H groups in total. The zero-order valence-electron chi connectivity index (χ0n) is 18.5. The summed E-state index contributed by atoms with van der Waals surface area (Å²) in [6, 6.07) is 13.8. The van der Waals surface area contributed by atoms with Crippen molar-refractivity contribution in [3.05, 3.63) is 83.7 Å². The molecule has 9 heteroatoms. The summed E-state index contributed by atoms with van der Waals surface area (Å²) in [5.74, 6) is -2.74. The molecule has 0 fully saturated rings. The number of ether oxygens (including phenoxy) is 1. The van der Waals surface area contributed by atoms with Crippen LogP contribution in [0.3, 0.4) is 0 Å². The van der Waals surface area contributed by atoms with Crippen LogP contribution in [0.2, 0.25) is 0 Å². The molecule has 2 amide bonds. The standard InChI is InChI=1S/C24H25FN4O4/c1-24(2,3)33-23(32)18(13-15-9-5-4-6-10-15)29-22(31)20-19(26-14-27-20)21(30)28-17-12-8-7-11-16(17)25/h4-12,14,18H,13H2,1-3H3,(H,26,27)(H,28,30)(H,29,31)/t18-/m0/s1. The second kappa shape index (κ2) is 10.1. The van der Waals surface area contributed by atoms with Gasteiger partial charge in [0.05, 0.1) is 12.0 Å². The van der Waals surface area contributed by atoms with Gasteiger partial charge in [0.15, 0.2) is 5.69 Å². The number of nitrogens with one attached hydrogen (secondary N) is 3. The summed E-state index contributed by atoms with van der Waals surface area (Å²) in [6.45, 7) is 5.19. The molecular weight excluding hydrogens is 427 g/mol. The Morgan fingerprint density at radius 3 is 2.36 bits per heavy atom. The van der Waals surface area contributed by atoms with Gasteiger partial charge in [-0.05, 0) is 38.5 Å². The van der Waals surface area contributed by atoms with Crippen molar-refractivity contribution in [1.82, 2.24) is 15.3 Å². The lowest BCUT2D eigenvalue weighted by molar-refractivity contribution is -0.157. The molecule has 1 atom stereocenters. The van der Waals surface area contributed by atoms with Crippen molar-refractivity contribution < 1.29 is 23.5 Å². The first-order valence-corrected chi connectivity index (χ1v) is 10.3. The SMILES string of the molecule is CC(C)(C)OC(=O)[C@H](Cc1ccccc1)NC(=O)c1[nH]cnc1C(=O)Nc1ccccc1F. The van der Waals surface area contributed by atoms with E-state index in [4.69, 9.17) is 4.74 Å². The molecule has 3 aromatic rings. The molecule has 2 aromatic carbocycles. The molecule has 0 unspecified atom stereocenters. The van der Waals surface area contributed by atoms with E-state index in [0.29, 0.717) is 0 Å². The number of nitrogens with zero attached hydrogens (tertiary/aromatic N) is 1. The van der Waals surface area contributed by atoms with Crippen LogP contribution in [-0.4, -0.2) is 39.4 Å². The van der Waals surface area contributed by atoms with Crippen molar-refractivity contribution >= 4 is 23.5 Å². The maximum atomic E-state index is 13.9. The number of amides is 2. The van der Waals surface area contributed by atoms with Gasteiger partial charge in [0.2, 0.25) is 0 Å². The fourth-order valence-corrected chi connectivity index (χ4v) is 3.03. The third-order valence-electron chi connectivity index (χ3n) is 4.48. The number of halogens is 1. The Morgan fingerprint density at radius 2 is 1.70 bits per heavy atom. The number of hydrogen-bond acceptors (Lipinski definition) is 5. The van der Waals surface area contributed by atoms with Crippen molar-refractivity contribution in [3.63, 3.8) is 0 Å². The molecule has 0 saturated heterocycles. The van der Waals surface area contributed by atoms with Crippen LogP contribution in [0.25, 0.3) is 0 Å². The number of carbonyl (C=O) groups is 3. The number of para-hydroxylation sites is 1. The fraction of sp³-hybridized carbons (Fsp3) is 0.250. The van der Waals surface area contributed by atoms with Crippen LogP contribution >= 0.6 is 0 Å². The predicted molar refractivity (Wildman–Crippen MR) is 120 cm³/mol. The van der Waals surface area contributed by atoms with Crippen LogP contribution in [0.5, 0.6) is 0 Å². The summed E-state index contributed by atoms with van der Waals surface area (Å²) in [6.07, 6.45) is 1.36. The van der Waals surface area contributed by atoms with Crippen molar-refractivity contribution in [2.45, 2.75) is 38.8 Å². The van der Waals surface area contributed by atoms with E-state index in [-0.39, 0.29) is 23.5 Å². The molecule has 1 aromatic heterocycles. The van der Waals surface area contributed by atoms with Crippen molar-refractivity contribution in [2.75, 3.05) is 5.32 Å². The van der Waals surface area contributed by atoms with Gasteiger partial charge in [-0.2, -0.15) is 0 Å². The first-order valence-electron chi connectivity index (χ1n) is 10.3. The van der Waals surface area contributed by atoms with Gasteiger partial charge in [0.1, 0.15) is 23.2 Å². The molecule has 1 heterocycles. The van der Waals surface area contributed by atoms with Crippen LogP contribution in [0.1, 0.15) is 47.3 Å². The summed E-state index contributed by atoms with van der Waals surface area (Å²) in [5.41, 5.74) is -0.387. The highest BCUT2D eigenvalue weighted by Gasteiger charge is 2.29. The first-order chi connectivity index (χ1) is 15.6. The molecule has 33 heavy (non-hydrogen) atoms. The minimum atomic E-state index is -1.01. The molecule has 0 radical (unpaired) electrons. The van der Waals surface area contributed by atoms with E-state index >= 15 is 0 Å². The van der Waals surface area contributed by atoms with Gasteiger partial charge >= 0.3 is 5.97 Å². The minimum Gasteiger partial charge on any atom is -0.458 e. The quantitative estimate of drug-likeness (QED) is 0.475. The van der Waals surface area contributed by atoms with Crippen molar-refractivity contribution in [2.24, 2.45) is 0 Å². The van der Waals surface area contributed by atoms with E-state index in [0.717, 1.165) is 5.56 Å². The summed E-state index contributed by atoms with van der Waals surface area (Å²) in [5, 5.41) is 5.01. The highest BCUT2D eigenvalue weighted by atomic mass is 19.1. The Hall–Kier alpha value is -4.01. The Balaban J connectivity index is 1.79. The molecule has 0 saturated carbocycles. The molecule has 3 rings (SSSR count). The maximum absolute atomic E-state index is 13.9. The average Bonchev–Trinajstić information content (AvgIpc) is 3.25. The van der Waals surface area contributed by atoms with Crippen LogP contribution in [0.4, 0.5) is 10.1 Å². The molecule has 0 aliphatic heterocycles. The highest BCUT2D eigenvalue weighted by molar-refractivity contribution is 6.10. The lowest BCUT2D eigenvalue weighted by Gasteiger charge is -2.24. The second-order valence-corrected chi connectivity index (χ2v) is 8.31. The number of hydrogen-bond donors (Lipinski definition) is 3. The van der Waals surface area contributed by atoms with Gasteiger partial charge < -0.3 is 20.4 Å². The largest absolute Gasteiger partial charge is 0.458 e. The van der Waals surface area contributed by atoms with E-state index in [1.807, 2.05) is 30.3 Å². The van der Waals surface area contributed by atoms with E-state index in [9.17, 15) is 18.8 Å². The van der Waals surface area contributed by atoms with Gasteiger partial charge in [-0.15, -0.1) is 0 Å². The average molecular weight is 452 g/mol. The summed E-state index contributed by atoms with van der Waals surface area (Å²) < 4.78 is 19.3. The van der Waals surface area contributed by atoms with Crippen molar-refractivity contribution in [1.29, 1.82) is 0 Å². The predicted octanol–water partition coefficient (Wildman–Crippen LogP) is 3.48. The van der Waals surface area contributed by atoms with Crippen LogP contribution < -0.4 is 10.6 Å². The molecule has 0 spiro atoms. The minimum absolute atomic E-state index is 0.0485. The number of esters is 1. The number of H-pyrrole nitrogens is 1. The monoisotopic (exact) mass is 452 g/mol. The number of anilines is 1. The number of rotatable bonds is 7. The molecule has 8 nitrogen and oxygen atoms in total. The number of imidazole rings is 1. The zero-order chi connectivity index (χ0) is 24.0. The third kappa shape index (κ3) is 6.49. The van der Waals surface area contributed by atoms with Gasteiger partial charge in [-0.1, -0.05) is 42.5 Å². The van der Waals surface area contributed by atoms with Gasteiger partial charge in [0.25, 0.3) is 11.8 Å². The van der Waals surface area contributed by atoms with Crippen LogP contribution in [-0.2, 0) is 16.0 Å². The number of aromatic amines is 1. The van der Waals surface area contributed by atoms with Crippen LogP contribution in [0, 0.1) is 5.82 Å². The second-order valence-electron chi connectivity index (χ2n) is 8.31. The van der Waals surface area contributed by atoms with E-state index in [1.165, 1.54) is 24.5 Å².